The lowest BCUT2D eigenvalue weighted by atomic mass is 9.82. The van der Waals surface area contributed by atoms with Crippen LogP contribution in [0, 0.1) is 5.41 Å². The summed E-state index contributed by atoms with van der Waals surface area (Å²) in [5.74, 6) is -2.09. The summed E-state index contributed by atoms with van der Waals surface area (Å²) in [5.41, 5.74) is -3.95. The van der Waals surface area contributed by atoms with Crippen molar-refractivity contribution in [1.82, 2.24) is 15.1 Å². The number of hydrogen-bond acceptors (Lipinski definition) is 3. The lowest BCUT2D eigenvalue weighted by Gasteiger charge is -2.27. The SMILES string of the molecule is CCC(CC)(CNC(=O)c1cnn(C(C)(C)C)c1C(F)(F)F)C(=O)O. The molecule has 0 atom stereocenters. The average molecular weight is 363 g/mol. The van der Waals surface area contributed by atoms with Crippen LogP contribution in [0.1, 0.15) is 63.5 Å². The number of rotatable bonds is 6. The molecule has 0 aliphatic carbocycles. The van der Waals surface area contributed by atoms with Crippen LogP contribution in [0.2, 0.25) is 0 Å². The lowest BCUT2D eigenvalue weighted by molar-refractivity contribution is -0.149. The molecule has 0 unspecified atom stereocenters. The Hall–Kier alpha value is -2.06. The number of hydrogen-bond donors (Lipinski definition) is 2. The summed E-state index contributed by atoms with van der Waals surface area (Å²) in [6, 6.07) is 0. The average Bonchev–Trinajstić information content (AvgIpc) is 2.93. The predicted molar refractivity (Wildman–Crippen MR) is 85.2 cm³/mol. The van der Waals surface area contributed by atoms with Gasteiger partial charge in [-0.25, -0.2) is 0 Å². The smallest absolute Gasteiger partial charge is 0.433 e. The van der Waals surface area contributed by atoms with E-state index in [1.54, 1.807) is 34.6 Å². The number of carboxylic acids is 1. The molecule has 0 saturated heterocycles. The molecule has 25 heavy (non-hydrogen) atoms. The van der Waals surface area contributed by atoms with Crippen molar-refractivity contribution in [1.29, 1.82) is 0 Å². The van der Waals surface area contributed by atoms with Crippen LogP contribution in [0.25, 0.3) is 0 Å². The minimum absolute atomic E-state index is 0.243. The Bertz CT molecular complexity index is 641. The molecule has 0 aliphatic heterocycles. The van der Waals surface area contributed by atoms with Gasteiger partial charge in [-0.15, -0.1) is 0 Å². The highest BCUT2D eigenvalue weighted by Crippen LogP contribution is 2.35. The second-order valence-corrected chi connectivity index (χ2v) is 6.96. The number of carboxylic acid groups (broad SMARTS) is 1. The van der Waals surface area contributed by atoms with Crippen molar-refractivity contribution in [2.45, 2.75) is 59.2 Å². The maximum atomic E-state index is 13.4. The van der Waals surface area contributed by atoms with E-state index in [-0.39, 0.29) is 19.4 Å². The molecular formula is C16H24F3N3O3. The zero-order valence-corrected chi connectivity index (χ0v) is 15.0. The van der Waals surface area contributed by atoms with Crippen LogP contribution < -0.4 is 5.32 Å². The molecule has 0 saturated carbocycles. The van der Waals surface area contributed by atoms with E-state index >= 15 is 0 Å². The number of nitrogens with one attached hydrogen (secondary N) is 1. The van der Waals surface area contributed by atoms with Gasteiger partial charge in [-0.3, -0.25) is 14.3 Å². The molecular weight excluding hydrogens is 339 g/mol. The van der Waals surface area contributed by atoms with Gasteiger partial charge in [0.15, 0.2) is 5.69 Å². The Labute approximate surface area is 144 Å². The van der Waals surface area contributed by atoms with Crippen molar-refractivity contribution in [2.24, 2.45) is 5.41 Å². The molecule has 142 valence electrons. The molecule has 0 aliphatic rings. The number of aliphatic carboxylic acids is 1. The third kappa shape index (κ3) is 4.32. The molecule has 9 heteroatoms. The van der Waals surface area contributed by atoms with Gasteiger partial charge in [0.2, 0.25) is 0 Å². The van der Waals surface area contributed by atoms with E-state index in [0.29, 0.717) is 0 Å². The fourth-order valence-corrected chi connectivity index (χ4v) is 2.52. The molecule has 6 nitrogen and oxygen atoms in total. The van der Waals surface area contributed by atoms with Gasteiger partial charge in [-0.05, 0) is 33.6 Å². The topological polar surface area (TPSA) is 84.2 Å². The normalized spacial score (nSPS) is 13.0. The van der Waals surface area contributed by atoms with Gasteiger partial charge < -0.3 is 10.4 Å². The second kappa shape index (κ2) is 7.05. The van der Waals surface area contributed by atoms with Crippen LogP contribution in [-0.2, 0) is 16.5 Å². The highest BCUT2D eigenvalue weighted by molar-refractivity contribution is 5.95. The zero-order chi connectivity index (χ0) is 19.6. The third-order valence-electron chi connectivity index (χ3n) is 4.31. The van der Waals surface area contributed by atoms with Crippen LogP contribution in [0.15, 0.2) is 6.20 Å². The number of aromatic nitrogens is 2. The standard InChI is InChI=1S/C16H24F3N3O3/c1-6-15(7-2,13(24)25)9-20-12(23)10-8-21-22(14(3,4)5)11(10)16(17,18)19/h8H,6-7,9H2,1-5H3,(H,20,23)(H,24,25). The summed E-state index contributed by atoms with van der Waals surface area (Å²) in [7, 11) is 0. The summed E-state index contributed by atoms with van der Waals surface area (Å²) < 4.78 is 41.1. The zero-order valence-electron chi connectivity index (χ0n) is 15.0. The molecule has 0 bridgehead atoms. The van der Waals surface area contributed by atoms with Crippen molar-refractivity contribution >= 4 is 11.9 Å². The van der Waals surface area contributed by atoms with Gasteiger partial charge in [0.05, 0.1) is 22.7 Å². The first-order chi connectivity index (χ1) is 11.3. The first-order valence-electron chi connectivity index (χ1n) is 7.97. The van der Waals surface area contributed by atoms with Crippen molar-refractivity contribution in [3.63, 3.8) is 0 Å². The minimum atomic E-state index is -4.77. The molecule has 0 spiro atoms. The van der Waals surface area contributed by atoms with Gasteiger partial charge in [0, 0.05) is 6.54 Å². The van der Waals surface area contributed by atoms with Crippen molar-refractivity contribution in [2.75, 3.05) is 6.54 Å². The molecule has 1 aromatic heterocycles. The molecule has 0 fully saturated rings. The van der Waals surface area contributed by atoms with Crippen LogP contribution in [0.4, 0.5) is 13.2 Å². The van der Waals surface area contributed by atoms with E-state index in [1.165, 1.54) is 0 Å². The second-order valence-electron chi connectivity index (χ2n) is 6.96. The Morgan fingerprint density at radius 2 is 1.72 bits per heavy atom. The number of carbonyl (C=O) groups excluding carboxylic acids is 1. The highest BCUT2D eigenvalue weighted by Gasteiger charge is 2.43. The third-order valence-corrected chi connectivity index (χ3v) is 4.31. The van der Waals surface area contributed by atoms with Crippen molar-refractivity contribution < 1.29 is 27.9 Å². The summed E-state index contributed by atoms with van der Waals surface area (Å²) in [6.45, 7) is 7.68. The fourth-order valence-electron chi connectivity index (χ4n) is 2.52. The van der Waals surface area contributed by atoms with E-state index in [1.807, 2.05) is 0 Å². The summed E-state index contributed by atoms with van der Waals surface area (Å²) in [5, 5.41) is 15.4. The number of halogens is 3. The van der Waals surface area contributed by atoms with Gasteiger partial charge >= 0.3 is 12.1 Å². The molecule has 0 aromatic carbocycles. The summed E-state index contributed by atoms with van der Waals surface area (Å²) in [4.78, 5) is 23.7. The first-order valence-corrected chi connectivity index (χ1v) is 7.97. The lowest BCUT2D eigenvalue weighted by Crippen LogP contribution is -2.42. The van der Waals surface area contributed by atoms with Crippen molar-refractivity contribution in [3.05, 3.63) is 17.5 Å². The quantitative estimate of drug-likeness (QED) is 0.812. The molecule has 1 amide bonds. The van der Waals surface area contributed by atoms with E-state index in [0.717, 1.165) is 10.9 Å². The molecule has 1 heterocycles. The Balaban J connectivity index is 3.19. The van der Waals surface area contributed by atoms with Crippen LogP contribution in [-0.4, -0.2) is 33.3 Å². The highest BCUT2D eigenvalue weighted by atomic mass is 19.4. The van der Waals surface area contributed by atoms with Crippen LogP contribution >= 0.6 is 0 Å². The van der Waals surface area contributed by atoms with Crippen molar-refractivity contribution in [3.8, 4) is 0 Å². The van der Waals surface area contributed by atoms with Crippen LogP contribution in [0.3, 0.4) is 0 Å². The summed E-state index contributed by atoms with van der Waals surface area (Å²) >= 11 is 0. The van der Waals surface area contributed by atoms with E-state index in [2.05, 4.69) is 10.4 Å². The maximum absolute atomic E-state index is 13.4. The number of nitrogens with zero attached hydrogens (tertiary/aromatic N) is 2. The molecule has 0 radical (unpaired) electrons. The molecule has 1 rings (SSSR count). The molecule has 2 N–H and O–H groups in total. The Kier molecular flexibility index (Phi) is 5.92. The largest absolute Gasteiger partial charge is 0.481 e. The predicted octanol–water partition coefficient (Wildman–Crippen LogP) is 3.28. The fraction of sp³-hybridized carbons (Fsp3) is 0.688. The van der Waals surface area contributed by atoms with Gasteiger partial charge in [0.1, 0.15) is 0 Å². The van der Waals surface area contributed by atoms with E-state index in [4.69, 9.17) is 0 Å². The van der Waals surface area contributed by atoms with Gasteiger partial charge in [0.25, 0.3) is 5.91 Å². The maximum Gasteiger partial charge on any atom is 0.433 e. The van der Waals surface area contributed by atoms with E-state index in [9.17, 15) is 27.9 Å². The monoisotopic (exact) mass is 363 g/mol. The minimum Gasteiger partial charge on any atom is -0.481 e. The molecule has 1 aromatic rings. The Morgan fingerprint density at radius 1 is 1.20 bits per heavy atom. The van der Waals surface area contributed by atoms with E-state index < -0.39 is 40.3 Å². The first kappa shape index (κ1) is 21.0. The number of alkyl halides is 3. The van der Waals surface area contributed by atoms with Crippen LogP contribution in [0.5, 0.6) is 0 Å². The van der Waals surface area contributed by atoms with Gasteiger partial charge in [-0.2, -0.15) is 18.3 Å². The Morgan fingerprint density at radius 3 is 2.08 bits per heavy atom. The van der Waals surface area contributed by atoms with Gasteiger partial charge in [-0.1, -0.05) is 13.8 Å². The number of carbonyl (C=O) groups is 2. The summed E-state index contributed by atoms with van der Waals surface area (Å²) in [6.07, 6.45) is -3.42. The number of amides is 1.